The summed E-state index contributed by atoms with van der Waals surface area (Å²) in [5.41, 5.74) is 6.51. The third-order valence-electron chi connectivity index (χ3n) is 2.81. The number of aliphatic hydroxyl groups excluding tert-OH is 1. The highest BCUT2D eigenvalue weighted by Gasteiger charge is 2.13. The highest BCUT2D eigenvalue weighted by atomic mass is 16.5. The Morgan fingerprint density at radius 1 is 1.30 bits per heavy atom. The standard InChI is InChI=1S/C14H22N2O4/c1-19-9-7-16(6-8-17)14(18)11-20-13-4-2-12(10-15)3-5-13/h2-5,17H,6-11,15H2,1H3. The number of hydrogen-bond donors (Lipinski definition) is 2. The average molecular weight is 282 g/mol. The van der Waals surface area contributed by atoms with Crippen molar-refractivity contribution in [3.8, 4) is 5.75 Å². The lowest BCUT2D eigenvalue weighted by Gasteiger charge is -2.21. The quantitative estimate of drug-likeness (QED) is 0.665. The number of ether oxygens (including phenoxy) is 2. The molecule has 0 aliphatic carbocycles. The highest BCUT2D eigenvalue weighted by molar-refractivity contribution is 5.77. The van der Waals surface area contributed by atoms with E-state index in [1.54, 1.807) is 19.2 Å². The summed E-state index contributed by atoms with van der Waals surface area (Å²) in [6, 6.07) is 7.27. The molecule has 6 heteroatoms. The molecule has 0 aliphatic rings. The Balaban J connectivity index is 2.46. The van der Waals surface area contributed by atoms with Gasteiger partial charge in [-0.25, -0.2) is 0 Å². The van der Waals surface area contributed by atoms with Crippen LogP contribution in [0.25, 0.3) is 0 Å². The van der Waals surface area contributed by atoms with Crippen LogP contribution in [0.4, 0.5) is 0 Å². The molecule has 0 aliphatic heterocycles. The monoisotopic (exact) mass is 282 g/mol. The number of nitrogens with zero attached hydrogens (tertiary/aromatic N) is 1. The van der Waals surface area contributed by atoms with Crippen molar-refractivity contribution in [2.45, 2.75) is 6.54 Å². The molecule has 0 bridgehead atoms. The van der Waals surface area contributed by atoms with Crippen molar-refractivity contribution in [3.05, 3.63) is 29.8 Å². The molecule has 0 spiro atoms. The second-order valence-corrected chi connectivity index (χ2v) is 4.23. The smallest absolute Gasteiger partial charge is 0.260 e. The molecular weight excluding hydrogens is 260 g/mol. The van der Waals surface area contributed by atoms with Crippen molar-refractivity contribution in [1.29, 1.82) is 0 Å². The van der Waals surface area contributed by atoms with E-state index in [0.29, 0.717) is 25.4 Å². The van der Waals surface area contributed by atoms with Gasteiger partial charge < -0.3 is 25.2 Å². The Morgan fingerprint density at radius 3 is 2.55 bits per heavy atom. The molecule has 0 fully saturated rings. The molecule has 0 radical (unpaired) electrons. The minimum atomic E-state index is -0.181. The average Bonchev–Trinajstić information content (AvgIpc) is 2.49. The lowest BCUT2D eigenvalue weighted by molar-refractivity contribution is -0.134. The predicted molar refractivity (Wildman–Crippen MR) is 75.4 cm³/mol. The first-order valence-corrected chi connectivity index (χ1v) is 6.50. The van der Waals surface area contributed by atoms with E-state index in [2.05, 4.69) is 0 Å². The molecule has 1 aromatic rings. The van der Waals surface area contributed by atoms with E-state index in [4.69, 9.17) is 20.3 Å². The Labute approximate surface area is 119 Å². The van der Waals surface area contributed by atoms with Crippen LogP contribution in [0.5, 0.6) is 5.75 Å². The minimum Gasteiger partial charge on any atom is -0.484 e. The van der Waals surface area contributed by atoms with E-state index in [-0.39, 0.29) is 25.7 Å². The molecule has 3 N–H and O–H groups in total. The summed E-state index contributed by atoms with van der Waals surface area (Å²) in [5, 5.41) is 8.94. The first-order valence-electron chi connectivity index (χ1n) is 6.50. The normalized spacial score (nSPS) is 10.3. The first-order chi connectivity index (χ1) is 9.71. The van der Waals surface area contributed by atoms with Crippen LogP contribution in [-0.2, 0) is 16.1 Å². The van der Waals surface area contributed by atoms with Crippen LogP contribution in [-0.4, -0.2) is 55.9 Å². The molecular formula is C14H22N2O4. The van der Waals surface area contributed by atoms with Gasteiger partial charge in [0.25, 0.3) is 5.91 Å². The topological polar surface area (TPSA) is 85.0 Å². The van der Waals surface area contributed by atoms with Crippen LogP contribution >= 0.6 is 0 Å². The van der Waals surface area contributed by atoms with E-state index < -0.39 is 0 Å². The number of benzene rings is 1. The molecule has 0 unspecified atom stereocenters. The van der Waals surface area contributed by atoms with Crippen molar-refractivity contribution in [3.63, 3.8) is 0 Å². The number of methoxy groups -OCH3 is 1. The van der Waals surface area contributed by atoms with Crippen LogP contribution in [0, 0.1) is 0 Å². The van der Waals surface area contributed by atoms with Gasteiger partial charge in [-0.3, -0.25) is 4.79 Å². The van der Waals surface area contributed by atoms with Crippen LogP contribution in [0.3, 0.4) is 0 Å². The lowest BCUT2D eigenvalue weighted by Crippen LogP contribution is -2.39. The Morgan fingerprint density at radius 2 is 2.00 bits per heavy atom. The van der Waals surface area contributed by atoms with Crippen molar-refractivity contribution in [1.82, 2.24) is 4.90 Å². The van der Waals surface area contributed by atoms with Crippen molar-refractivity contribution < 1.29 is 19.4 Å². The second kappa shape index (κ2) is 9.30. The van der Waals surface area contributed by atoms with Crippen LogP contribution in [0.15, 0.2) is 24.3 Å². The van der Waals surface area contributed by atoms with Crippen molar-refractivity contribution >= 4 is 5.91 Å². The van der Waals surface area contributed by atoms with E-state index in [0.717, 1.165) is 5.56 Å². The maximum absolute atomic E-state index is 11.9. The number of hydrogen-bond acceptors (Lipinski definition) is 5. The molecule has 20 heavy (non-hydrogen) atoms. The zero-order valence-corrected chi connectivity index (χ0v) is 11.7. The SMILES string of the molecule is COCCN(CCO)C(=O)COc1ccc(CN)cc1. The van der Waals surface area contributed by atoms with Gasteiger partial charge in [0.05, 0.1) is 13.2 Å². The number of rotatable bonds is 9. The summed E-state index contributed by atoms with van der Waals surface area (Å²) in [6.45, 7) is 1.47. The fourth-order valence-electron chi connectivity index (χ4n) is 1.64. The predicted octanol–water partition coefficient (Wildman–Crippen LogP) is -0.00860. The van der Waals surface area contributed by atoms with Crippen LogP contribution < -0.4 is 10.5 Å². The number of carbonyl (C=O) groups excluding carboxylic acids is 1. The first kappa shape index (κ1) is 16.4. The molecule has 1 aromatic carbocycles. The Kier molecular flexibility index (Phi) is 7.64. The van der Waals surface area contributed by atoms with Gasteiger partial charge in [-0.15, -0.1) is 0 Å². The molecule has 6 nitrogen and oxygen atoms in total. The minimum absolute atomic E-state index is 0.0638. The van der Waals surface area contributed by atoms with E-state index >= 15 is 0 Å². The third-order valence-corrected chi connectivity index (χ3v) is 2.81. The summed E-state index contributed by atoms with van der Waals surface area (Å²) in [6.07, 6.45) is 0. The number of carbonyl (C=O) groups is 1. The molecule has 112 valence electrons. The fourth-order valence-corrected chi connectivity index (χ4v) is 1.64. The van der Waals surface area contributed by atoms with Gasteiger partial charge in [0, 0.05) is 26.7 Å². The van der Waals surface area contributed by atoms with Gasteiger partial charge in [-0.1, -0.05) is 12.1 Å². The summed E-state index contributed by atoms with van der Waals surface area (Å²) in [4.78, 5) is 13.5. The van der Waals surface area contributed by atoms with Gasteiger partial charge in [-0.2, -0.15) is 0 Å². The highest BCUT2D eigenvalue weighted by Crippen LogP contribution is 2.11. The summed E-state index contributed by atoms with van der Waals surface area (Å²) in [5.74, 6) is 0.435. The van der Waals surface area contributed by atoms with E-state index in [9.17, 15) is 4.79 Å². The molecule has 0 heterocycles. The van der Waals surface area contributed by atoms with Gasteiger partial charge in [0.15, 0.2) is 6.61 Å². The number of amides is 1. The summed E-state index contributed by atoms with van der Waals surface area (Å²) < 4.78 is 10.3. The molecule has 0 aromatic heterocycles. The summed E-state index contributed by atoms with van der Waals surface area (Å²) in [7, 11) is 1.57. The maximum atomic E-state index is 11.9. The fraction of sp³-hybridized carbons (Fsp3) is 0.500. The molecule has 0 saturated carbocycles. The molecule has 1 amide bonds. The maximum Gasteiger partial charge on any atom is 0.260 e. The third kappa shape index (κ3) is 5.56. The molecule has 1 rings (SSSR count). The van der Waals surface area contributed by atoms with Crippen molar-refractivity contribution in [2.75, 3.05) is 40.0 Å². The number of nitrogens with two attached hydrogens (primary N) is 1. The molecule has 0 saturated heterocycles. The Bertz CT molecular complexity index is 395. The number of aliphatic hydroxyl groups is 1. The van der Waals surface area contributed by atoms with E-state index in [1.165, 1.54) is 4.90 Å². The van der Waals surface area contributed by atoms with Crippen molar-refractivity contribution in [2.24, 2.45) is 5.73 Å². The molecule has 0 atom stereocenters. The zero-order valence-electron chi connectivity index (χ0n) is 11.7. The summed E-state index contributed by atoms with van der Waals surface area (Å²) >= 11 is 0. The van der Waals surface area contributed by atoms with Gasteiger partial charge >= 0.3 is 0 Å². The lowest BCUT2D eigenvalue weighted by atomic mass is 10.2. The zero-order chi connectivity index (χ0) is 14.8. The largest absolute Gasteiger partial charge is 0.484 e. The second-order valence-electron chi connectivity index (χ2n) is 4.23. The van der Waals surface area contributed by atoms with Crippen LogP contribution in [0.2, 0.25) is 0 Å². The van der Waals surface area contributed by atoms with Crippen LogP contribution in [0.1, 0.15) is 5.56 Å². The van der Waals surface area contributed by atoms with E-state index in [1.807, 2.05) is 12.1 Å². The van der Waals surface area contributed by atoms with Gasteiger partial charge in [0.2, 0.25) is 0 Å². The van der Waals surface area contributed by atoms with Gasteiger partial charge in [0.1, 0.15) is 5.75 Å². The Hall–Kier alpha value is -1.63. The van der Waals surface area contributed by atoms with Gasteiger partial charge in [-0.05, 0) is 17.7 Å².